The third-order valence-electron chi connectivity index (χ3n) is 3.30. The van der Waals surface area contributed by atoms with Crippen LogP contribution in [0, 0.1) is 5.92 Å². The minimum absolute atomic E-state index is 0.859. The molecule has 1 aliphatic carbocycles. The molecule has 0 N–H and O–H groups in total. The summed E-state index contributed by atoms with van der Waals surface area (Å²) >= 11 is 0. The quantitative estimate of drug-likeness (QED) is 0.448. The predicted molar refractivity (Wildman–Crippen MR) is 82.0 cm³/mol. The summed E-state index contributed by atoms with van der Waals surface area (Å²) in [5, 5.41) is 1.24. The van der Waals surface area contributed by atoms with Gasteiger partial charge in [-0.3, -0.25) is 0 Å². The number of allylic oxidation sites excluding steroid dienone is 6. The van der Waals surface area contributed by atoms with Gasteiger partial charge in [-0.2, -0.15) is 0 Å². The highest BCUT2D eigenvalue weighted by Gasteiger charge is 2.19. The molecule has 0 radical (unpaired) electrons. The first-order valence-corrected chi connectivity index (χ1v) is 7.65. The molecule has 3 unspecified atom stereocenters. The first kappa shape index (κ1) is 14.5. The van der Waals surface area contributed by atoms with Gasteiger partial charge in [-0.1, -0.05) is 65.8 Å². The Kier molecular flexibility index (Phi) is 6.52. The fourth-order valence-corrected chi connectivity index (χ4v) is 3.92. The van der Waals surface area contributed by atoms with Crippen molar-refractivity contribution in [3.8, 4) is 0 Å². The summed E-state index contributed by atoms with van der Waals surface area (Å²) in [4.78, 5) is 0. The van der Waals surface area contributed by atoms with Crippen molar-refractivity contribution in [3.05, 3.63) is 48.3 Å². The molecule has 0 heterocycles. The van der Waals surface area contributed by atoms with Crippen molar-refractivity contribution in [2.24, 2.45) is 5.92 Å². The Bertz CT molecular complexity index is 322. The van der Waals surface area contributed by atoms with Crippen LogP contribution in [0.4, 0.5) is 0 Å². The van der Waals surface area contributed by atoms with E-state index < -0.39 is 0 Å². The molecule has 1 heteroatoms. The molecule has 0 amide bonds. The van der Waals surface area contributed by atoms with E-state index in [1.165, 1.54) is 31.0 Å². The van der Waals surface area contributed by atoms with Crippen molar-refractivity contribution in [3.63, 3.8) is 0 Å². The van der Waals surface area contributed by atoms with E-state index in [0.29, 0.717) is 0 Å². The summed E-state index contributed by atoms with van der Waals surface area (Å²) in [6.07, 6.45) is 13.7. The lowest BCUT2D eigenvalue weighted by Crippen LogP contribution is -2.14. The summed E-state index contributed by atoms with van der Waals surface area (Å²) in [7, 11) is 0.864. The Morgan fingerprint density at radius 1 is 1.24 bits per heavy atom. The third kappa shape index (κ3) is 5.50. The van der Waals surface area contributed by atoms with Gasteiger partial charge >= 0.3 is 0 Å². The zero-order valence-corrected chi connectivity index (χ0v) is 12.2. The minimum atomic E-state index is 0.859. The summed E-state index contributed by atoms with van der Waals surface area (Å²) in [6, 6.07) is 0. The standard InChI is InChI=1S/C16H25P/c1-5-6-7-10-14(3)15(4)17-16-11-8-9-13(2)12-16/h5-7,10,13,16-17H,3-4,8-9,11-12H2,1-2H3/b6-5-,10-7-. The van der Waals surface area contributed by atoms with Crippen LogP contribution >= 0.6 is 8.58 Å². The maximum Gasteiger partial charge on any atom is -0.0194 e. The van der Waals surface area contributed by atoms with Gasteiger partial charge in [0, 0.05) is 0 Å². The molecule has 0 saturated heterocycles. The Morgan fingerprint density at radius 3 is 2.65 bits per heavy atom. The van der Waals surface area contributed by atoms with E-state index in [1.807, 2.05) is 25.2 Å². The highest BCUT2D eigenvalue weighted by molar-refractivity contribution is 7.44. The number of hydrogen-bond donors (Lipinski definition) is 0. The Balaban J connectivity index is 2.40. The van der Waals surface area contributed by atoms with Crippen molar-refractivity contribution in [2.75, 3.05) is 0 Å². The molecule has 0 aromatic rings. The molecule has 0 aromatic carbocycles. The summed E-state index contributed by atoms with van der Waals surface area (Å²) in [6.45, 7) is 12.7. The van der Waals surface area contributed by atoms with Crippen LogP contribution in [0.15, 0.2) is 48.3 Å². The van der Waals surface area contributed by atoms with Crippen LogP contribution < -0.4 is 0 Å². The molecule has 0 spiro atoms. The van der Waals surface area contributed by atoms with Crippen molar-refractivity contribution >= 4 is 8.58 Å². The van der Waals surface area contributed by atoms with Gasteiger partial charge in [0.2, 0.25) is 0 Å². The summed E-state index contributed by atoms with van der Waals surface area (Å²) in [5.41, 5.74) is 1.96. The lowest BCUT2D eigenvalue weighted by molar-refractivity contribution is 0.393. The largest absolute Gasteiger partial charge is 0.0912 e. The van der Waals surface area contributed by atoms with Gasteiger partial charge in [-0.15, -0.1) is 0 Å². The second-order valence-electron chi connectivity index (χ2n) is 5.00. The molecule has 94 valence electrons. The molecule has 0 aromatic heterocycles. The zero-order chi connectivity index (χ0) is 12.7. The van der Waals surface area contributed by atoms with Gasteiger partial charge in [0.15, 0.2) is 0 Å². The molecular formula is C16H25P. The monoisotopic (exact) mass is 248 g/mol. The molecule has 0 aliphatic heterocycles. The molecule has 17 heavy (non-hydrogen) atoms. The van der Waals surface area contributed by atoms with E-state index in [9.17, 15) is 0 Å². The molecule has 1 rings (SSSR count). The van der Waals surface area contributed by atoms with E-state index in [4.69, 9.17) is 0 Å². The van der Waals surface area contributed by atoms with Crippen LogP contribution in [-0.2, 0) is 0 Å². The van der Waals surface area contributed by atoms with E-state index in [0.717, 1.165) is 25.7 Å². The molecule has 1 fully saturated rings. The van der Waals surface area contributed by atoms with Gasteiger partial charge in [0.1, 0.15) is 0 Å². The van der Waals surface area contributed by atoms with Crippen LogP contribution in [0.3, 0.4) is 0 Å². The minimum Gasteiger partial charge on any atom is -0.0912 e. The molecule has 1 aliphatic rings. The van der Waals surface area contributed by atoms with E-state index in [2.05, 4.69) is 26.2 Å². The van der Waals surface area contributed by atoms with Crippen molar-refractivity contribution < 1.29 is 0 Å². The Hall–Kier alpha value is -0.610. The van der Waals surface area contributed by atoms with E-state index in [-0.39, 0.29) is 0 Å². The molecule has 3 atom stereocenters. The Morgan fingerprint density at radius 2 is 2.00 bits per heavy atom. The molecule has 0 nitrogen and oxygen atoms in total. The van der Waals surface area contributed by atoms with Gasteiger partial charge in [0.05, 0.1) is 0 Å². The lowest BCUT2D eigenvalue weighted by atomic mass is 9.90. The lowest BCUT2D eigenvalue weighted by Gasteiger charge is -2.27. The summed E-state index contributed by atoms with van der Waals surface area (Å²) < 4.78 is 0. The maximum absolute atomic E-state index is 4.19. The predicted octanol–water partition coefficient (Wildman–Crippen LogP) is 5.45. The van der Waals surface area contributed by atoms with Crippen LogP contribution in [0.25, 0.3) is 0 Å². The van der Waals surface area contributed by atoms with Crippen LogP contribution in [-0.4, -0.2) is 5.66 Å². The molecular weight excluding hydrogens is 223 g/mol. The SMILES string of the molecule is C=C(/C=C\C=C/C)C(=C)PC1CCCC(C)C1. The molecule has 0 bridgehead atoms. The average Bonchev–Trinajstić information content (AvgIpc) is 2.29. The van der Waals surface area contributed by atoms with Crippen molar-refractivity contribution in [1.82, 2.24) is 0 Å². The van der Waals surface area contributed by atoms with Gasteiger partial charge < -0.3 is 0 Å². The highest BCUT2D eigenvalue weighted by Crippen LogP contribution is 2.41. The third-order valence-corrected chi connectivity index (χ3v) is 4.91. The second-order valence-corrected chi connectivity index (χ2v) is 6.71. The van der Waals surface area contributed by atoms with Gasteiger partial charge in [-0.05, 0) is 42.2 Å². The van der Waals surface area contributed by atoms with Gasteiger partial charge in [0.25, 0.3) is 0 Å². The number of hydrogen-bond acceptors (Lipinski definition) is 0. The number of rotatable bonds is 5. The van der Waals surface area contributed by atoms with Crippen LogP contribution in [0.2, 0.25) is 0 Å². The second kappa shape index (κ2) is 7.67. The molecule has 1 saturated carbocycles. The van der Waals surface area contributed by atoms with Crippen LogP contribution in [0.5, 0.6) is 0 Å². The fourth-order valence-electron chi connectivity index (χ4n) is 2.29. The van der Waals surface area contributed by atoms with Crippen LogP contribution in [0.1, 0.15) is 39.5 Å². The normalized spacial score (nSPS) is 26.2. The first-order valence-electron chi connectivity index (χ1n) is 6.57. The highest BCUT2D eigenvalue weighted by atomic mass is 31.1. The maximum atomic E-state index is 4.19. The Labute approximate surface area is 108 Å². The van der Waals surface area contributed by atoms with E-state index >= 15 is 0 Å². The van der Waals surface area contributed by atoms with E-state index in [1.54, 1.807) is 0 Å². The first-order chi connectivity index (χ1) is 8.13. The van der Waals surface area contributed by atoms with Crippen molar-refractivity contribution in [2.45, 2.75) is 45.2 Å². The summed E-state index contributed by atoms with van der Waals surface area (Å²) in [5.74, 6) is 0.904. The topological polar surface area (TPSA) is 0 Å². The zero-order valence-electron chi connectivity index (χ0n) is 11.2. The smallest absolute Gasteiger partial charge is 0.0194 e. The fraction of sp³-hybridized carbons (Fsp3) is 0.500. The van der Waals surface area contributed by atoms with Gasteiger partial charge in [-0.25, -0.2) is 0 Å². The van der Waals surface area contributed by atoms with Crippen molar-refractivity contribution in [1.29, 1.82) is 0 Å². The average molecular weight is 248 g/mol.